The van der Waals surface area contributed by atoms with Gasteiger partial charge in [0.1, 0.15) is 0 Å². The zero-order chi connectivity index (χ0) is 13.2. The fourth-order valence-electron chi connectivity index (χ4n) is 2.42. The van der Waals surface area contributed by atoms with Crippen molar-refractivity contribution >= 4 is 0 Å². The van der Waals surface area contributed by atoms with E-state index >= 15 is 0 Å². The minimum absolute atomic E-state index is 0.0244. The maximum absolute atomic E-state index is 6.16. The van der Waals surface area contributed by atoms with Crippen LogP contribution >= 0.6 is 0 Å². The summed E-state index contributed by atoms with van der Waals surface area (Å²) in [4.78, 5) is 2.35. The van der Waals surface area contributed by atoms with Gasteiger partial charge in [0.25, 0.3) is 0 Å². The van der Waals surface area contributed by atoms with Crippen LogP contribution in [0.4, 0.5) is 0 Å². The van der Waals surface area contributed by atoms with Gasteiger partial charge in [0, 0.05) is 25.2 Å². The summed E-state index contributed by atoms with van der Waals surface area (Å²) in [5.41, 5.74) is 7.41. The van der Waals surface area contributed by atoms with E-state index in [1.165, 1.54) is 5.56 Å². The average molecular weight is 250 g/mol. The quantitative estimate of drug-likeness (QED) is 0.863. The molecule has 0 aliphatic carbocycles. The van der Waals surface area contributed by atoms with Crippen molar-refractivity contribution in [2.75, 3.05) is 27.3 Å². The molecule has 0 spiro atoms. The number of nitrogens with two attached hydrogens (primary N) is 1. The van der Waals surface area contributed by atoms with Crippen molar-refractivity contribution in [1.29, 1.82) is 0 Å². The zero-order valence-corrected chi connectivity index (χ0v) is 11.4. The van der Waals surface area contributed by atoms with Gasteiger partial charge in [-0.3, -0.25) is 4.90 Å². The van der Waals surface area contributed by atoms with E-state index in [0.29, 0.717) is 0 Å². The van der Waals surface area contributed by atoms with Crippen molar-refractivity contribution in [3.8, 4) is 11.5 Å². The van der Waals surface area contributed by atoms with Gasteiger partial charge >= 0.3 is 0 Å². The number of methoxy groups -OCH3 is 2. The van der Waals surface area contributed by atoms with Crippen molar-refractivity contribution in [2.24, 2.45) is 5.73 Å². The number of ether oxygens (including phenoxy) is 2. The third kappa shape index (κ3) is 2.60. The molecule has 0 radical (unpaired) electrons. The van der Waals surface area contributed by atoms with E-state index < -0.39 is 0 Å². The summed E-state index contributed by atoms with van der Waals surface area (Å²) in [6.45, 7) is 5.00. The Bertz CT molecular complexity index is 414. The highest BCUT2D eigenvalue weighted by Gasteiger charge is 2.37. The molecule has 100 valence electrons. The van der Waals surface area contributed by atoms with Gasteiger partial charge < -0.3 is 15.2 Å². The number of likely N-dealkylation sites (tertiary alicyclic amines) is 1. The van der Waals surface area contributed by atoms with Crippen LogP contribution in [0, 0.1) is 0 Å². The number of hydrogen-bond acceptors (Lipinski definition) is 4. The first-order valence-electron chi connectivity index (χ1n) is 6.32. The normalized spacial score (nSPS) is 18.2. The van der Waals surface area contributed by atoms with Gasteiger partial charge in [0.2, 0.25) is 0 Å². The molecule has 2 rings (SSSR count). The van der Waals surface area contributed by atoms with Crippen molar-refractivity contribution in [2.45, 2.75) is 25.4 Å². The van der Waals surface area contributed by atoms with E-state index in [-0.39, 0.29) is 5.54 Å². The van der Waals surface area contributed by atoms with E-state index in [1.807, 2.05) is 12.1 Å². The van der Waals surface area contributed by atoms with Crippen LogP contribution in [0.1, 0.15) is 18.9 Å². The lowest BCUT2D eigenvalue weighted by molar-refractivity contribution is 0.0606. The minimum atomic E-state index is 0.0244. The molecule has 4 nitrogen and oxygen atoms in total. The van der Waals surface area contributed by atoms with Crippen molar-refractivity contribution in [1.82, 2.24) is 4.90 Å². The Kier molecular flexibility index (Phi) is 3.78. The fourth-order valence-corrected chi connectivity index (χ4v) is 2.42. The molecule has 1 aromatic rings. The van der Waals surface area contributed by atoms with Gasteiger partial charge in [-0.05, 0) is 24.1 Å². The minimum Gasteiger partial charge on any atom is -0.493 e. The first-order chi connectivity index (χ1) is 8.60. The smallest absolute Gasteiger partial charge is 0.161 e. The summed E-state index contributed by atoms with van der Waals surface area (Å²) in [5.74, 6) is 1.55. The molecule has 4 heteroatoms. The summed E-state index contributed by atoms with van der Waals surface area (Å²) in [6.07, 6.45) is 1.04. The standard InChI is InChI=1S/C14H22N2O2/c1-4-14(15)9-16(10-14)8-11-5-6-12(17-2)13(7-11)18-3/h5-7H,4,8-10,15H2,1-3H3. The summed E-state index contributed by atoms with van der Waals surface area (Å²) < 4.78 is 10.5. The molecule has 0 bridgehead atoms. The van der Waals surface area contributed by atoms with Crippen LogP contribution in [0.25, 0.3) is 0 Å². The summed E-state index contributed by atoms with van der Waals surface area (Å²) >= 11 is 0. The lowest BCUT2D eigenvalue weighted by atomic mass is 9.88. The molecule has 0 aromatic heterocycles. The van der Waals surface area contributed by atoms with Crippen molar-refractivity contribution in [3.05, 3.63) is 23.8 Å². The van der Waals surface area contributed by atoms with Crippen LogP contribution in [-0.2, 0) is 6.54 Å². The van der Waals surface area contributed by atoms with Crippen LogP contribution < -0.4 is 15.2 Å². The Labute approximate surface area is 109 Å². The Morgan fingerprint density at radius 2 is 1.89 bits per heavy atom. The molecule has 1 saturated heterocycles. The average Bonchev–Trinajstić information content (AvgIpc) is 2.36. The highest BCUT2D eigenvalue weighted by molar-refractivity contribution is 5.42. The molecule has 0 unspecified atom stereocenters. The van der Waals surface area contributed by atoms with E-state index in [1.54, 1.807) is 14.2 Å². The van der Waals surface area contributed by atoms with E-state index in [2.05, 4.69) is 17.9 Å². The van der Waals surface area contributed by atoms with Crippen LogP contribution in [-0.4, -0.2) is 37.7 Å². The molecule has 1 aliphatic rings. The molecule has 18 heavy (non-hydrogen) atoms. The van der Waals surface area contributed by atoms with Crippen molar-refractivity contribution < 1.29 is 9.47 Å². The number of nitrogens with zero attached hydrogens (tertiary/aromatic N) is 1. The van der Waals surface area contributed by atoms with Crippen LogP contribution in [0.15, 0.2) is 18.2 Å². The Hall–Kier alpha value is -1.26. The van der Waals surface area contributed by atoms with Gasteiger partial charge in [-0.1, -0.05) is 13.0 Å². The summed E-state index contributed by atoms with van der Waals surface area (Å²) in [5, 5.41) is 0. The molecule has 0 amide bonds. The second kappa shape index (κ2) is 5.16. The topological polar surface area (TPSA) is 47.7 Å². The van der Waals surface area contributed by atoms with E-state index in [0.717, 1.165) is 37.6 Å². The molecule has 1 fully saturated rings. The molecule has 1 aromatic carbocycles. The third-order valence-electron chi connectivity index (χ3n) is 3.64. The molecule has 2 N–H and O–H groups in total. The largest absolute Gasteiger partial charge is 0.493 e. The predicted molar refractivity (Wildman–Crippen MR) is 72.0 cm³/mol. The molecule has 0 atom stereocenters. The Balaban J connectivity index is 1.99. The van der Waals surface area contributed by atoms with Crippen LogP contribution in [0.5, 0.6) is 11.5 Å². The number of benzene rings is 1. The van der Waals surface area contributed by atoms with E-state index in [4.69, 9.17) is 15.2 Å². The van der Waals surface area contributed by atoms with Gasteiger partial charge in [0.15, 0.2) is 11.5 Å². The van der Waals surface area contributed by atoms with Gasteiger partial charge in [-0.2, -0.15) is 0 Å². The zero-order valence-electron chi connectivity index (χ0n) is 11.4. The second-order valence-electron chi connectivity index (χ2n) is 5.05. The van der Waals surface area contributed by atoms with Crippen LogP contribution in [0.2, 0.25) is 0 Å². The fraction of sp³-hybridized carbons (Fsp3) is 0.571. The third-order valence-corrected chi connectivity index (χ3v) is 3.64. The monoisotopic (exact) mass is 250 g/mol. The SMILES string of the molecule is CCC1(N)CN(Cc2ccc(OC)c(OC)c2)C1. The highest BCUT2D eigenvalue weighted by atomic mass is 16.5. The molecular weight excluding hydrogens is 228 g/mol. The maximum Gasteiger partial charge on any atom is 0.161 e. The van der Waals surface area contributed by atoms with Crippen LogP contribution in [0.3, 0.4) is 0 Å². The number of rotatable bonds is 5. The van der Waals surface area contributed by atoms with Crippen molar-refractivity contribution in [3.63, 3.8) is 0 Å². The first kappa shape index (κ1) is 13.2. The lowest BCUT2D eigenvalue weighted by Crippen LogP contribution is -2.66. The lowest BCUT2D eigenvalue weighted by Gasteiger charge is -2.47. The Morgan fingerprint density at radius 3 is 2.44 bits per heavy atom. The Morgan fingerprint density at radius 1 is 1.22 bits per heavy atom. The highest BCUT2D eigenvalue weighted by Crippen LogP contribution is 2.29. The van der Waals surface area contributed by atoms with E-state index in [9.17, 15) is 0 Å². The second-order valence-corrected chi connectivity index (χ2v) is 5.05. The molecule has 1 aliphatic heterocycles. The summed E-state index contributed by atoms with van der Waals surface area (Å²) in [6, 6.07) is 6.05. The molecular formula is C14H22N2O2. The number of hydrogen-bond donors (Lipinski definition) is 1. The maximum atomic E-state index is 6.16. The van der Waals surface area contributed by atoms with Gasteiger partial charge in [-0.15, -0.1) is 0 Å². The molecule has 1 heterocycles. The van der Waals surface area contributed by atoms with Gasteiger partial charge in [0.05, 0.1) is 14.2 Å². The molecule has 0 saturated carbocycles. The van der Waals surface area contributed by atoms with Gasteiger partial charge in [-0.25, -0.2) is 0 Å². The predicted octanol–water partition coefficient (Wildman–Crippen LogP) is 1.63. The first-order valence-corrected chi connectivity index (χ1v) is 6.32. The summed E-state index contributed by atoms with van der Waals surface area (Å²) in [7, 11) is 3.31.